The summed E-state index contributed by atoms with van der Waals surface area (Å²) in [6.07, 6.45) is 0. The molecule has 0 saturated heterocycles. The normalized spacial score (nSPS) is 16.1. The second-order valence-corrected chi connectivity index (χ2v) is 20.8. The molecule has 0 fully saturated rings. The largest absolute Gasteiger partial charge is 0.508 e. The Hall–Kier alpha value is -10.7. The molecule has 80 heavy (non-hydrogen) atoms. The van der Waals surface area contributed by atoms with Crippen molar-refractivity contribution < 1.29 is 61.3 Å². The van der Waals surface area contributed by atoms with Crippen molar-refractivity contribution in [1.29, 1.82) is 0 Å². The molecule has 0 heterocycles. The van der Waals surface area contributed by atoms with Crippen LogP contribution in [-0.4, -0.2) is 61.3 Å². The quantitative estimate of drug-likeness (QED) is 0.0788. The van der Waals surface area contributed by atoms with Crippen LogP contribution in [0.5, 0.6) is 69.0 Å². The molecule has 1 aliphatic carbocycles. The molecule has 0 radical (unpaired) electrons. The minimum absolute atomic E-state index is 0.0377. The van der Waals surface area contributed by atoms with Gasteiger partial charge in [0.25, 0.3) is 0 Å². The third kappa shape index (κ3) is 8.25. The molecule has 0 aliphatic heterocycles. The summed E-state index contributed by atoms with van der Waals surface area (Å²) >= 11 is 0. The van der Waals surface area contributed by atoms with Gasteiger partial charge in [-0.2, -0.15) is 0 Å². The van der Waals surface area contributed by atoms with E-state index in [1.807, 2.05) is 24.3 Å². The molecule has 0 spiro atoms. The third-order valence-electron chi connectivity index (χ3n) is 15.9. The van der Waals surface area contributed by atoms with E-state index in [2.05, 4.69) is 0 Å². The van der Waals surface area contributed by atoms with E-state index in [9.17, 15) is 61.3 Å². The summed E-state index contributed by atoms with van der Waals surface area (Å²) in [4.78, 5) is 0. The minimum atomic E-state index is -1.12. The lowest BCUT2D eigenvalue weighted by Gasteiger charge is -2.30. The fourth-order valence-corrected chi connectivity index (χ4v) is 12.1. The van der Waals surface area contributed by atoms with Crippen LogP contribution in [0.3, 0.4) is 0 Å². The average molecular weight is 1060 g/mol. The van der Waals surface area contributed by atoms with E-state index in [4.69, 9.17) is 0 Å². The highest BCUT2D eigenvalue weighted by Crippen LogP contribution is 2.54. The zero-order valence-corrected chi connectivity index (χ0v) is 42.2. The van der Waals surface area contributed by atoms with E-state index < -0.39 is 23.7 Å². The van der Waals surface area contributed by atoms with E-state index in [0.29, 0.717) is 65.3 Å². The van der Waals surface area contributed by atoms with Crippen molar-refractivity contribution in [3.8, 4) is 69.0 Å². The first kappa shape index (κ1) is 48.9. The summed E-state index contributed by atoms with van der Waals surface area (Å²) in [5.74, 6) is -7.43. The summed E-state index contributed by atoms with van der Waals surface area (Å²) < 4.78 is 0. The first-order valence-corrected chi connectivity index (χ1v) is 25.7. The van der Waals surface area contributed by atoms with Crippen LogP contribution < -0.4 is 0 Å². The van der Waals surface area contributed by atoms with Gasteiger partial charge in [0.1, 0.15) is 69.0 Å². The van der Waals surface area contributed by atoms with Crippen LogP contribution in [-0.2, 0) is 0 Å². The van der Waals surface area contributed by atoms with E-state index in [-0.39, 0.29) is 114 Å². The molecule has 0 amide bonds. The number of aromatic hydroxyl groups is 12. The van der Waals surface area contributed by atoms with Crippen molar-refractivity contribution in [2.75, 3.05) is 0 Å². The number of benzene rings is 12. The highest BCUT2D eigenvalue weighted by atomic mass is 16.3. The topological polar surface area (TPSA) is 243 Å². The molecule has 0 aromatic heterocycles. The van der Waals surface area contributed by atoms with E-state index >= 15 is 0 Å². The Morgan fingerprint density at radius 2 is 0.325 bits per heavy atom. The van der Waals surface area contributed by atoms with E-state index in [1.54, 1.807) is 121 Å². The molecule has 1 aliphatic rings. The van der Waals surface area contributed by atoms with Crippen LogP contribution in [0.15, 0.2) is 194 Å². The Kier molecular flexibility index (Phi) is 11.3. The van der Waals surface area contributed by atoms with Gasteiger partial charge in [-0.05, 0) is 138 Å². The molecule has 0 atom stereocenters. The highest BCUT2D eigenvalue weighted by molar-refractivity contribution is 5.88. The summed E-state index contributed by atoms with van der Waals surface area (Å²) in [6.45, 7) is 0. The van der Waals surface area contributed by atoms with Gasteiger partial charge in [-0.25, -0.2) is 0 Å². The predicted octanol–water partition coefficient (Wildman–Crippen LogP) is 13.8. The molecule has 8 bridgehead atoms. The maximum Gasteiger partial charge on any atom is 0.123 e. The van der Waals surface area contributed by atoms with Crippen molar-refractivity contribution in [3.63, 3.8) is 0 Å². The summed E-state index contributed by atoms with van der Waals surface area (Å²) in [5, 5.41) is 146. The second kappa shape index (κ2) is 18.5. The van der Waals surface area contributed by atoms with Crippen molar-refractivity contribution in [3.05, 3.63) is 261 Å². The Morgan fingerprint density at radius 3 is 0.512 bits per heavy atom. The number of phenols is 12. The van der Waals surface area contributed by atoms with Crippen LogP contribution >= 0.6 is 0 Å². The number of hydrogen-bond acceptors (Lipinski definition) is 12. The maximum atomic E-state index is 12.4. The molecule has 12 aromatic rings. The molecule has 12 heteroatoms. The van der Waals surface area contributed by atoms with Gasteiger partial charge < -0.3 is 61.3 Å². The summed E-state index contributed by atoms with van der Waals surface area (Å²) in [6, 6.07) is 52.2. The molecule has 0 saturated carbocycles. The van der Waals surface area contributed by atoms with E-state index in [0.717, 1.165) is 0 Å². The van der Waals surface area contributed by atoms with Gasteiger partial charge in [0.2, 0.25) is 0 Å². The predicted molar refractivity (Wildman–Crippen MR) is 305 cm³/mol. The van der Waals surface area contributed by atoms with E-state index in [1.165, 1.54) is 48.5 Å². The van der Waals surface area contributed by atoms with Crippen molar-refractivity contribution >= 4 is 43.1 Å². The number of rotatable bonds is 4. The van der Waals surface area contributed by atoms with Crippen LogP contribution in [0.1, 0.15) is 90.4 Å². The zero-order chi connectivity index (χ0) is 55.4. The van der Waals surface area contributed by atoms with Gasteiger partial charge >= 0.3 is 0 Å². The molecule has 392 valence electrons. The van der Waals surface area contributed by atoms with Gasteiger partial charge in [-0.1, -0.05) is 97.1 Å². The van der Waals surface area contributed by atoms with Gasteiger partial charge in [-0.15, -0.1) is 0 Å². The number of hydrogen-bond donors (Lipinski definition) is 12. The molecule has 0 unspecified atom stereocenters. The molecular formula is C68H48O12. The molecule has 12 aromatic carbocycles. The van der Waals surface area contributed by atoms with Gasteiger partial charge in [0, 0.05) is 92.4 Å². The fourth-order valence-electron chi connectivity index (χ4n) is 12.1. The summed E-state index contributed by atoms with van der Waals surface area (Å²) in [7, 11) is 0. The van der Waals surface area contributed by atoms with Gasteiger partial charge in [-0.3, -0.25) is 0 Å². The molecular weight excluding hydrogens is 1010 g/mol. The van der Waals surface area contributed by atoms with Crippen LogP contribution in [0.4, 0.5) is 0 Å². The van der Waals surface area contributed by atoms with Crippen LogP contribution in [0, 0.1) is 0 Å². The lowest BCUT2D eigenvalue weighted by atomic mass is 9.74. The Labute approximate surface area is 456 Å². The van der Waals surface area contributed by atoms with Gasteiger partial charge in [0.15, 0.2) is 0 Å². The van der Waals surface area contributed by atoms with Crippen LogP contribution in [0.2, 0.25) is 0 Å². The lowest BCUT2D eigenvalue weighted by molar-refractivity contribution is 0.431. The van der Waals surface area contributed by atoms with Crippen LogP contribution in [0.25, 0.3) is 43.1 Å². The minimum Gasteiger partial charge on any atom is -0.508 e. The zero-order valence-electron chi connectivity index (χ0n) is 42.2. The Morgan fingerprint density at radius 1 is 0.163 bits per heavy atom. The van der Waals surface area contributed by atoms with Crippen molar-refractivity contribution in [2.24, 2.45) is 0 Å². The average Bonchev–Trinajstić information content (AvgIpc) is 3.58. The molecule has 12 N–H and O–H groups in total. The third-order valence-corrected chi connectivity index (χ3v) is 15.9. The maximum absolute atomic E-state index is 12.4. The lowest BCUT2D eigenvalue weighted by Crippen LogP contribution is -2.13. The highest BCUT2D eigenvalue weighted by Gasteiger charge is 2.36. The molecule has 13 rings (SSSR count). The number of phenolic OH excluding ortho intramolecular Hbond substituents is 12. The SMILES string of the molecule is Oc1ccc2cc(C3c4cc(c(O)cc4O)C(c4ccc5cc(O)ccc5c4)c4cc(c(O)cc4O)C(c4ccc5cc(O)ccc5c4)c4cc(c(O)cc4O)C(c4ccc5cc(O)ccc5c4)c4cc3c(O)cc4O)ccc2c1. The Bertz CT molecular complexity index is 3890. The van der Waals surface area contributed by atoms with Crippen molar-refractivity contribution in [1.82, 2.24) is 0 Å². The Balaban J connectivity index is 1.19. The first-order chi connectivity index (χ1) is 38.5. The number of fused-ring (bicyclic) bond motifs is 12. The van der Waals surface area contributed by atoms with Gasteiger partial charge in [0.05, 0.1) is 0 Å². The smallest absolute Gasteiger partial charge is 0.123 e. The second-order valence-electron chi connectivity index (χ2n) is 20.8. The molecule has 12 nitrogen and oxygen atoms in total. The summed E-state index contributed by atoms with van der Waals surface area (Å²) in [5.41, 5.74) is 3.42. The standard InChI is InChI=1S/C68H48O12/c69-45-13-9-33-17-41(5-1-37(33)21-45)65-49-25-51(59(75)29-57(49)73)66(42-6-2-38-22-46(70)14-10-34(38)18-42)53-27-55(63(79)31-61(53)77)68(44-8-4-40-24-48(72)16-12-36(40)20-44)56-28-54(62(78)32-64(56)80)67(52-26-50(65)58(74)30-60(52)76)43-7-3-39-23-47(71)15-11-35(39)19-43/h1-32,65-80H. The fraction of sp³-hybridized carbons (Fsp3) is 0.0588. The van der Waals surface area contributed by atoms with Crippen molar-refractivity contribution in [2.45, 2.75) is 23.7 Å². The first-order valence-electron chi connectivity index (χ1n) is 25.7. The monoisotopic (exact) mass is 1060 g/mol.